The van der Waals surface area contributed by atoms with Gasteiger partial charge in [0.25, 0.3) is 0 Å². The number of aryl methyl sites for hydroxylation is 1. The Bertz CT molecular complexity index is 555. The fourth-order valence-corrected chi connectivity index (χ4v) is 2.02. The molecule has 0 fully saturated rings. The van der Waals surface area contributed by atoms with Crippen molar-refractivity contribution in [3.8, 4) is 0 Å². The lowest BCUT2D eigenvalue weighted by molar-refractivity contribution is 0.219. The highest BCUT2D eigenvalue weighted by molar-refractivity contribution is 5.63. The van der Waals surface area contributed by atoms with Crippen molar-refractivity contribution < 1.29 is 5.11 Å². The number of benzene rings is 2. The summed E-state index contributed by atoms with van der Waals surface area (Å²) in [5.74, 6) is 0. The molecule has 2 rings (SSSR count). The second-order valence-corrected chi connectivity index (χ2v) is 4.66. The first kappa shape index (κ1) is 12.6. The van der Waals surface area contributed by atoms with E-state index in [1.165, 1.54) is 0 Å². The molecule has 0 aliphatic carbocycles. The molecule has 0 aliphatic heterocycles. The van der Waals surface area contributed by atoms with E-state index in [0.717, 1.165) is 27.8 Å². The van der Waals surface area contributed by atoms with E-state index < -0.39 is 6.10 Å². The van der Waals surface area contributed by atoms with Crippen molar-refractivity contribution in [2.24, 2.45) is 0 Å². The van der Waals surface area contributed by atoms with Crippen LogP contribution in [-0.2, 0) is 0 Å². The van der Waals surface area contributed by atoms with Gasteiger partial charge >= 0.3 is 0 Å². The van der Waals surface area contributed by atoms with Crippen molar-refractivity contribution in [1.29, 1.82) is 0 Å². The van der Waals surface area contributed by atoms with Crippen molar-refractivity contribution >= 4 is 5.57 Å². The van der Waals surface area contributed by atoms with E-state index in [0.29, 0.717) is 0 Å². The third-order valence-electron chi connectivity index (χ3n) is 3.18. The van der Waals surface area contributed by atoms with Crippen LogP contribution in [0.3, 0.4) is 0 Å². The summed E-state index contributed by atoms with van der Waals surface area (Å²) in [5.41, 5.74) is 5.04. The summed E-state index contributed by atoms with van der Waals surface area (Å²) in [6.07, 6.45) is -0.578. The second kappa shape index (κ2) is 5.19. The Kier molecular flexibility index (Phi) is 3.63. The number of hydrogen-bond donors (Lipinski definition) is 1. The fourth-order valence-electron chi connectivity index (χ4n) is 2.02. The average Bonchev–Trinajstić information content (AvgIpc) is 2.39. The van der Waals surface area contributed by atoms with Gasteiger partial charge in [-0.25, -0.2) is 0 Å². The standard InChI is InChI=1S/C17H18O/c1-12(2)15-10-9-13(3)16(11-15)17(18)14-7-5-4-6-8-14/h4-11,17-18H,1H2,2-3H3. The molecule has 1 heteroatoms. The zero-order chi connectivity index (χ0) is 13.1. The topological polar surface area (TPSA) is 20.2 Å². The minimum Gasteiger partial charge on any atom is -0.384 e. The Balaban J connectivity index is 2.44. The predicted octanol–water partition coefficient (Wildman–Crippen LogP) is 4.11. The van der Waals surface area contributed by atoms with Gasteiger partial charge in [0, 0.05) is 0 Å². The van der Waals surface area contributed by atoms with Crippen molar-refractivity contribution in [1.82, 2.24) is 0 Å². The van der Waals surface area contributed by atoms with E-state index in [9.17, 15) is 5.11 Å². The maximum atomic E-state index is 10.4. The Morgan fingerprint density at radius 3 is 2.39 bits per heavy atom. The maximum absolute atomic E-state index is 10.4. The molecule has 1 atom stereocenters. The Labute approximate surface area is 108 Å². The largest absolute Gasteiger partial charge is 0.384 e. The molecule has 1 unspecified atom stereocenters. The molecule has 0 amide bonds. The molecule has 0 saturated heterocycles. The minimum absolute atomic E-state index is 0.578. The first-order chi connectivity index (χ1) is 8.59. The van der Waals surface area contributed by atoms with Gasteiger partial charge in [-0.15, -0.1) is 0 Å². The first-order valence-corrected chi connectivity index (χ1v) is 6.09. The smallest absolute Gasteiger partial charge is 0.104 e. The molecule has 18 heavy (non-hydrogen) atoms. The van der Waals surface area contributed by atoms with Gasteiger partial charge < -0.3 is 5.11 Å². The van der Waals surface area contributed by atoms with Crippen LogP contribution in [0.5, 0.6) is 0 Å². The molecular formula is C17H18O. The number of aliphatic hydroxyl groups is 1. The summed E-state index contributed by atoms with van der Waals surface area (Å²) in [4.78, 5) is 0. The molecule has 0 saturated carbocycles. The van der Waals surface area contributed by atoms with E-state index in [1.807, 2.05) is 62.4 Å². The predicted molar refractivity (Wildman–Crippen MR) is 76.4 cm³/mol. The van der Waals surface area contributed by atoms with Crippen LogP contribution in [0.1, 0.15) is 35.3 Å². The van der Waals surface area contributed by atoms with Gasteiger partial charge in [-0.05, 0) is 42.2 Å². The summed E-state index contributed by atoms with van der Waals surface area (Å²) < 4.78 is 0. The highest BCUT2D eigenvalue weighted by atomic mass is 16.3. The van der Waals surface area contributed by atoms with Gasteiger partial charge in [0.2, 0.25) is 0 Å². The number of allylic oxidation sites excluding steroid dienone is 1. The van der Waals surface area contributed by atoms with E-state index >= 15 is 0 Å². The van der Waals surface area contributed by atoms with Crippen LogP contribution in [0.2, 0.25) is 0 Å². The van der Waals surface area contributed by atoms with Gasteiger partial charge in [-0.1, -0.05) is 54.6 Å². The minimum atomic E-state index is -0.578. The normalized spacial score (nSPS) is 12.2. The average molecular weight is 238 g/mol. The van der Waals surface area contributed by atoms with Crippen molar-refractivity contribution in [2.45, 2.75) is 20.0 Å². The molecule has 92 valence electrons. The molecule has 1 nitrogen and oxygen atoms in total. The summed E-state index contributed by atoms with van der Waals surface area (Å²) in [7, 11) is 0. The van der Waals surface area contributed by atoms with Crippen LogP contribution in [0, 0.1) is 6.92 Å². The van der Waals surface area contributed by atoms with Gasteiger partial charge in [0.15, 0.2) is 0 Å². The van der Waals surface area contributed by atoms with E-state index in [1.54, 1.807) is 0 Å². The summed E-state index contributed by atoms with van der Waals surface area (Å²) in [5, 5.41) is 10.4. The van der Waals surface area contributed by atoms with Crippen molar-refractivity contribution in [3.63, 3.8) is 0 Å². The van der Waals surface area contributed by atoms with Gasteiger partial charge in [-0.2, -0.15) is 0 Å². The lowest BCUT2D eigenvalue weighted by atomic mass is 9.94. The summed E-state index contributed by atoms with van der Waals surface area (Å²) in [6.45, 7) is 7.94. The molecule has 0 aliphatic rings. The van der Waals surface area contributed by atoms with E-state index in [2.05, 4.69) is 6.58 Å². The van der Waals surface area contributed by atoms with Gasteiger partial charge in [-0.3, -0.25) is 0 Å². The summed E-state index contributed by atoms with van der Waals surface area (Å²) in [6, 6.07) is 15.8. The van der Waals surface area contributed by atoms with Crippen molar-refractivity contribution in [3.05, 3.63) is 77.4 Å². The van der Waals surface area contributed by atoms with Crippen LogP contribution in [0.4, 0.5) is 0 Å². The van der Waals surface area contributed by atoms with Crippen LogP contribution in [-0.4, -0.2) is 5.11 Å². The molecule has 1 N–H and O–H groups in total. The Morgan fingerprint density at radius 2 is 1.78 bits per heavy atom. The molecule has 0 bridgehead atoms. The second-order valence-electron chi connectivity index (χ2n) is 4.66. The highest BCUT2D eigenvalue weighted by Gasteiger charge is 2.13. The fraction of sp³-hybridized carbons (Fsp3) is 0.176. The number of rotatable bonds is 3. The van der Waals surface area contributed by atoms with Gasteiger partial charge in [0.1, 0.15) is 6.10 Å². The third-order valence-corrected chi connectivity index (χ3v) is 3.18. The van der Waals surface area contributed by atoms with Crippen LogP contribution < -0.4 is 0 Å². The Morgan fingerprint density at radius 1 is 1.11 bits per heavy atom. The molecule has 2 aromatic rings. The quantitative estimate of drug-likeness (QED) is 0.853. The third kappa shape index (κ3) is 2.52. The molecule has 0 radical (unpaired) electrons. The monoisotopic (exact) mass is 238 g/mol. The van der Waals surface area contributed by atoms with Crippen LogP contribution >= 0.6 is 0 Å². The maximum Gasteiger partial charge on any atom is 0.104 e. The number of aliphatic hydroxyl groups excluding tert-OH is 1. The zero-order valence-corrected chi connectivity index (χ0v) is 10.9. The van der Waals surface area contributed by atoms with Crippen LogP contribution in [0.25, 0.3) is 5.57 Å². The first-order valence-electron chi connectivity index (χ1n) is 6.09. The van der Waals surface area contributed by atoms with E-state index in [-0.39, 0.29) is 0 Å². The molecule has 0 heterocycles. The SMILES string of the molecule is C=C(C)c1ccc(C)c(C(O)c2ccccc2)c1. The lowest BCUT2D eigenvalue weighted by Gasteiger charge is -2.15. The van der Waals surface area contributed by atoms with E-state index in [4.69, 9.17) is 0 Å². The zero-order valence-electron chi connectivity index (χ0n) is 10.9. The number of hydrogen-bond acceptors (Lipinski definition) is 1. The Hall–Kier alpha value is -1.86. The van der Waals surface area contributed by atoms with Crippen LogP contribution in [0.15, 0.2) is 55.1 Å². The highest BCUT2D eigenvalue weighted by Crippen LogP contribution is 2.27. The summed E-state index contributed by atoms with van der Waals surface area (Å²) >= 11 is 0. The molecule has 0 aromatic heterocycles. The van der Waals surface area contributed by atoms with Crippen molar-refractivity contribution in [2.75, 3.05) is 0 Å². The molecular weight excluding hydrogens is 220 g/mol. The van der Waals surface area contributed by atoms with Gasteiger partial charge in [0.05, 0.1) is 0 Å². The molecule has 0 spiro atoms. The lowest BCUT2D eigenvalue weighted by Crippen LogP contribution is -2.02. The molecule has 2 aromatic carbocycles.